The molecule has 0 unspecified atom stereocenters. The minimum absolute atomic E-state index is 0.217. The summed E-state index contributed by atoms with van der Waals surface area (Å²) < 4.78 is 52.0. The average Bonchev–Trinajstić information content (AvgIpc) is 2.70. The van der Waals surface area contributed by atoms with Crippen LogP contribution in [0.5, 0.6) is 0 Å². The van der Waals surface area contributed by atoms with Gasteiger partial charge in [0.15, 0.2) is 5.82 Å². The molecule has 0 aliphatic carbocycles. The third kappa shape index (κ3) is 2.61. The number of H-pyrrole nitrogens is 1. The average molecular weight is 309 g/mol. The van der Waals surface area contributed by atoms with Crippen LogP contribution in [0.4, 0.5) is 20.3 Å². The van der Waals surface area contributed by atoms with Crippen molar-refractivity contribution >= 4 is 33.1 Å². The fraction of sp³-hybridized carbons (Fsp3) is 0. The number of nitrogens with two attached hydrogens (primary N) is 1. The number of hydrogen-bond acceptors (Lipinski definition) is 4. The molecule has 2 aromatic rings. The molecule has 0 radical (unpaired) electrons. The van der Waals surface area contributed by atoms with Crippen molar-refractivity contribution in [3.05, 3.63) is 35.0 Å². The Morgan fingerprint density at radius 3 is 2.58 bits per heavy atom. The van der Waals surface area contributed by atoms with Crippen LogP contribution in [0.3, 0.4) is 0 Å². The van der Waals surface area contributed by atoms with Crippen LogP contribution in [0.15, 0.2) is 23.2 Å². The van der Waals surface area contributed by atoms with Gasteiger partial charge in [-0.25, -0.2) is 17.2 Å². The lowest BCUT2D eigenvalue weighted by molar-refractivity contribution is 0.583. The number of nitrogens with one attached hydrogen (secondary N) is 2. The van der Waals surface area contributed by atoms with Crippen LogP contribution in [0.1, 0.15) is 0 Å². The molecule has 0 fully saturated rings. The molecule has 1 heterocycles. The van der Waals surface area contributed by atoms with Crippen molar-refractivity contribution in [3.63, 3.8) is 0 Å². The fourth-order valence-electron chi connectivity index (χ4n) is 1.33. The fourth-order valence-corrected chi connectivity index (χ4v) is 2.74. The lowest BCUT2D eigenvalue weighted by Gasteiger charge is -2.09. The zero-order chi connectivity index (χ0) is 14.2. The molecule has 0 saturated heterocycles. The third-order valence-electron chi connectivity index (χ3n) is 2.17. The largest absolute Gasteiger partial charge is 0.383 e. The van der Waals surface area contributed by atoms with Crippen LogP contribution in [0, 0.1) is 11.6 Å². The summed E-state index contributed by atoms with van der Waals surface area (Å²) in [6.45, 7) is 0. The van der Waals surface area contributed by atoms with Crippen molar-refractivity contribution in [1.82, 2.24) is 10.2 Å². The lowest BCUT2D eigenvalue weighted by Crippen LogP contribution is -2.15. The Morgan fingerprint density at radius 1 is 1.37 bits per heavy atom. The first-order valence-electron chi connectivity index (χ1n) is 4.77. The Bertz CT molecular complexity index is 709. The number of anilines is 2. The van der Waals surface area contributed by atoms with Gasteiger partial charge in [-0.05, 0) is 6.07 Å². The van der Waals surface area contributed by atoms with Gasteiger partial charge >= 0.3 is 0 Å². The molecule has 0 atom stereocenters. The van der Waals surface area contributed by atoms with E-state index in [0.29, 0.717) is 6.07 Å². The van der Waals surface area contributed by atoms with Crippen molar-refractivity contribution < 1.29 is 17.2 Å². The van der Waals surface area contributed by atoms with E-state index < -0.39 is 32.4 Å². The van der Waals surface area contributed by atoms with Gasteiger partial charge in [-0.3, -0.25) is 9.82 Å². The number of aromatic amines is 1. The first kappa shape index (κ1) is 13.6. The summed E-state index contributed by atoms with van der Waals surface area (Å²) in [7, 11) is -4.17. The second kappa shape index (κ2) is 4.67. The molecule has 102 valence electrons. The van der Waals surface area contributed by atoms with Crippen molar-refractivity contribution in [3.8, 4) is 0 Å². The summed E-state index contributed by atoms with van der Waals surface area (Å²) in [4.78, 5) is -0.368. The van der Waals surface area contributed by atoms with E-state index in [2.05, 4.69) is 10.2 Å². The minimum Gasteiger partial charge on any atom is -0.383 e. The number of nitrogen functional groups attached to an aromatic ring is 1. The highest BCUT2D eigenvalue weighted by Crippen LogP contribution is 2.29. The maximum absolute atomic E-state index is 13.5. The van der Waals surface area contributed by atoms with E-state index in [1.54, 1.807) is 0 Å². The molecule has 0 bridgehead atoms. The number of rotatable bonds is 3. The maximum atomic E-state index is 13.5. The first-order chi connectivity index (χ1) is 8.81. The van der Waals surface area contributed by atoms with Gasteiger partial charge < -0.3 is 5.73 Å². The number of nitrogens with zero attached hydrogens (tertiary/aromatic N) is 1. The van der Waals surface area contributed by atoms with E-state index in [-0.39, 0.29) is 10.7 Å². The second-order valence-electron chi connectivity index (χ2n) is 3.50. The molecule has 0 amide bonds. The van der Waals surface area contributed by atoms with Gasteiger partial charge in [-0.2, -0.15) is 5.10 Å². The molecule has 1 aromatic heterocycles. The van der Waals surface area contributed by atoms with Gasteiger partial charge in [0.25, 0.3) is 10.0 Å². The zero-order valence-corrected chi connectivity index (χ0v) is 10.7. The van der Waals surface area contributed by atoms with E-state index in [4.69, 9.17) is 17.3 Å². The SMILES string of the molecule is Nc1[nH]ncc1S(=O)(=O)Nc1c(F)cc(F)cc1Cl. The van der Waals surface area contributed by atoms with Crippen molar-refractivity contribution in [2.75, 3.05) is 10.5 Å². The monoisotopic (exact) mass is 308 g/mol. The van der Waals surface area contributed by atoms with Gasteiger partial charge in [-0.1, -0.05) is 11.6 Å². The number of aromatic nitrogens is 2. The highest BCUT2D eigenvalue weighted by Gasteiger charge is 2.22. The molecule has 4 N–H and O–H groups in total. The standard InChI is InChI=1S/C9H7ClF2N4O2S/c10-5-1-4(11)2-6(12)8(5)16-19(17,18)7-3-14-15-9(7)13/h1-3,16H,(H3,13,14,15). The topological polar surface area (TPSA) is 101 Å². The first-order valence-corrected chi connectivity index (χ1v) is 6.63. The number of sulfonamides is 1. The normalized spacial score (nSPS) is 11.5. The molecule has 10 heteroatoms. The summed E-state index contributed by atoms with van der Waals surface area (Å²) in [5.41, 5.74) is 4.79. The van der Waals surface area contributed by atoms with Crippen LogP contribution in [0.2, 0.25) is 5.02 Å². The molecule has 6 nitrogen and oxygen atoms in total. The van der Waals surface area contributed by atoms with Crippen molar-refractivity contribution in [2.45, 2.75) is 4.90 Å². The Balaban J connectivity index is 2.45. The van der Waals surface area contributed by atoms with Crippen LogP contribution in [-0.2, 0) is 10.0 Å². The van der Waals surface area contributed by atoms with E-state index >= 15 is 0 Å². The molecule has 0 aliphatic heterocycles. The molecule has 19 heavy (non-hydrogen) atoms. The summed E-state index contributed by atoms with van der Waals surface area (Å²) in [5, 5.41) is 5.24. The second-order valence-corrected chi connectivity index (χ2v) is 5.56. The molecular formula is C9H7ClF2N4O2S. The molecule has 1 aromatic carbocycles. The number of benzene rings is 1. The zero-order valence-electron chi connectivity index (χ0n) is 9.12. The highest BCUT2D eigenvalue weighted by atomic mass is 35.5. The van der Waals surface area contributed by atoms with Gasteiger partial charge in [0.2, 0.25) is 0 Å². The van der Waals surface area contributed by atoms with Crippen LogP contribution >= 0.6 is 11.6 Å². The summed E-state index contributed by atoms with van der Waals surface area (Å²) in [6.07, 6.45) is 0.951. The Morgan fingerprint density at radius 2 is 2.05 bits per heavy atom. The maximum Gasteiger partial charge on any atom is 0.267 e. The van der Waals surface area contributed by atoms with Gasteiger partial charge in [-0.15, -0.1) is 0 Å². The van der Waals surface area contributed by atoms with E-state index in [0.717, 1.165) is 12.3 Å². The predicted octanol–water partition coefficient (Wildman–Crippen LogP) is 1.72. The van der Waals surface area contributed by atoms with Gasteiger partial charge in [0.05, 0.1) is 11.2 Å². The van der Waals surface area contributed by atoms with Gasteiger partial charge in [0.1, 0.15) is 22.2 Å². The smallest absolute Gasteiger partial charge is 0.267 e. The third-order valence-corrected chi connectivity index (χ3v) is 3.84. The number of halogens is 3. The molecule has 0 aliphatic rings. The van der Waals surface area contributed by atoms with E-state index in [9.17, 15) is 17.2 Å². The predicted molar refractivity (Wildman–Crippen MR) is 65.2 cm³/mol. The van der Waals surface area contributed by atoms with E-state index in [1.807, 2.05) is 4.72 Å². The Hall–Kier alpha value is -1.87. The van der Waals surface area contributed by atoms with E-state index in [1.165, 1.54) is 0 Å². The minimum atomic E-state index is -4.17. The summed E-state index contributed by atoms with van der Waals surface area (Å²) in [5.74, 6) is -2.28. The van der Waals surface area contributed by atoms with Crippen LogP contribution < -0.4 is 10.5 Å². The van der Waals surface area contributed by atoms with Crippen molar-refractivity contribution in [1.29, 1.82) is 0 Å². The lowest BCUT2D eigenvalue weighted by atomic mass is 10.3. The van der Waals surface area contributed by atoms with Crippen molar-refractivity contribution in [2.24, 2.45) is 0 Å². The summed E-state index contributed by atoms with van der Waals surface area (Å²) in [6, 6.07) is 1.28. The highest BCUT2D eigenvalue weighted by molar-refractivity contribution is 7.92. The van der Waals surface area contributed by atoms with Crippen LogP contribution in [0.25, 0.3) is 0 Å². The molecule has 0 saturated carbocycles. The Labute approximate surface area is 111 Å². The summed E-state index contributed by atoms with van der Waals surface area (Å²) >= 11 is 5.58. The molecule has 2 rings (SSSR count). The molecule has 0 spiro atoms. The van der Waals surface area contributed by atoms with Gasteiger partial charge in [0, 0.05) is 6.07 Å². The van der Waals surface area contributed by atoms with Crippen LogP contribution in [-0.4, -0.2) is 18.6 Å². The molecular weight excluding hydrogens is 302 g/mol. The quantitative estimate of drug-likeness (QED) is 0.803. The Kier molecular flexibility index (Phi) is 3.33. The number of hydrogen-bond donors (Lipinski definition) is 3.